The Labute approximate surface area is 81.6 Å². The minimum absolute atomic E-state index is 0.282. The summed E-state index contributed by atoms with van der Waals surface area (Å²) in [6, 6.07) is 0. The fraction of sp³-hybridized carbons (Fsp3) is 0.556. The fourth-order valence-corrected chi connectivity index (χ4v) is 1.22. The number of hydrogen-bond donors (Lipinski definition) is 0. The zero-order valence-electron chi connectivity index (χ0n) is 7.42. The lowest BCUT2D eigenvalue weighted by atomic mass is 9.89. The zero-order valence-corrected chi connectivity index (χ0v) is 9.00. The van der Waals surface area contributed by atoms with Crippen molar-refractivity contribution in [2.24, 2.45) is 5.41 Å². The van der Waals surface area contributed by atoms with Gasteiger partial charge in [-0.05, 0) is 17.4 Å². The molecule has 1 heterocycles. The Balaban J connectivity index is 2.64. The van der Waals surface area contributed by atoms with Crippen molar-refractivity contribution in [3.05, 3.63) is 24.3 Å². The van der Waals surface area contributed by atoms with Crippen LogP contribution in [0, 0.1) is 5.41 Å². The largest absolute Gasteiger partial charge is 0.245 e. The summed E-state index contributed by atoms with van der Waals surface area (Å²) in [4.78, 5) is 7.95. The van der Waals surface area contributed by atoms with Gasteiger partial charge in [0.15, 0.2) is 0 Å². The number of alkyl halides is 1. The summed E-state index contributed by atoms with van der Waals surface area (Å²) < 4.78 is 0. The molecular formula is C9H13BrN2. The van der Waals surface area contributed by atoms with Crippen LogP contribution in [0.2, 0.25) is 0 Å². The lowest BCUT2D eigenvalue weighted by molar-refractivity contribution is 0.423. The van der Waals surface area contributed by atoms with Crippen molar-refractivity contribution in [3.8, 4) is 0 Å². The first kappa shape index (κ1) is 9.65. The van der Waals surface area contributed by atoms with E-state index in [4.69, 9.17) is 0 Å². The normalized spacial score (nSPS) is 11.6. The van der Waals surface area contributed by atoms with Crippen LogP contribution in [0.5, 0.6) is 0 Å². The van der Waals surface area contributed by atoms with Crippen molar-refractivity contribution in [2.75, 3.05) is 5.33 Å². The predicted octanol–water partition coefficient (Wildman–Crippen LogP) is 2.44. The number of aromatic nitrogens is 2. The van der Waals surface area contributed by atoms with Gasteiger partial charge in [0.2, 0.25) is 0 Å². The Morgan fingerprint density at radius 2 is 1.92 bits per heavy atom. The molecule has 0 saturated heterocycles. The molecule has 0 amide bonds. The first-order valence-electron chi connectivity index (χ1n) is 3.94. The van der Waals surface area contributed by atoms with E-state index in [9.17, 15) is 0 Å². The lowest BCUT2D eigenvalue weighted by Gasteiger charge is -2.20. The smallest absolute Gasteiger partial charge is 0.115 e. The van der Waals surface area contributed by atoms with Gasteiger partial charge >= 0.3 is 0 Å². The number of nitrogens with zero attached hydrogens (tertiary/aromatic N) is 2. The van der Waals surface area contributed by atoms with E-state index in [2.05, 4.69) is 39.7 Å². The molecule has 0 N–H and O–H groups in total. The van der Waals surface area contributed by atoms with Crippen LogP contribution in [-0.2, 0) is 6.42 Å². The van der Waals surface area contributed by atoms with Gasteiger partial charge in [0.25, 0.3) is 0 Å². The van der Waals surface area contributed by atoms with Crippen molar-refractivity contribution in [1.29, 1.82) is 0 Å². The molecule has 3 heteroatoms. The molecule has 12 heavy (non-hydrogen) atoms. The monoisotopic (exact) mass is 228 g/mol. The van der Waals surface area contributed by atoms with Crippen molar-refractivity contribution in [3.63, 3.8) is 0 Å². The third-order valence-corrected chi connectivity index (χ3v) is 3.18. The van der Waals surface area contributed by atoms with Crippen LogP contribution in [0.25, 0.3) is 0 Å². The number of hydrogen-bond acceptors (Lipinski definition) is 2. The third kappa shape index (κ3) is 2.89. The van der Waals surface area contributed by atoms with Crippen LogP contribution >= 0.6 is 15.9 Å². The van der Waals surface area contributed by atoms with Gasteiger partial charge < -0.3 is 0 Å². The highest BCUT2D eigenvalue weighted by Gasteiger charge is 2.16. The SMILES string of the molecule is CC(C)(CBr)Cc1cncnc1. The Hall–Kier alpha value is -0.440. The first-order valence-corrected chi connectivity index (χ1v) is 5.06. The van der Waals surface area contributed by atoms with E-state index in [0.717, 1.165) is 11.8 Å². The van der Waals surface area contributed by atoms with E-state index in [0.29, 0.717) is 0 Å². The van der Waals surface area contributed by atoms with Gasteiger partial charge in [-0.1, -0.05) is 29.8 Å². The molecule has 0 aliphatic rings. The highest BCUT2D eigenvalue weighted by atomic mass is 79.9. The van der Waals surface area contributed by atoms with Crippen LogP contribution in [0.3, 0.4) is 0 Å². The van der Waals surface area contributed by atoms with Crippen LogP contribution in [0.15, 0.2) is 18.7 Å². The van der Waals surface area contributed by atoms with E-state index >= 15 is 0 Å². The van der Waals surface area contributed by atoms with Gasteiger partial charge in [-0.2, -0.15) is 0 Å². The van der Waals surface area contributed by atoms with Crippen molar-refractivity contribution in [1.82, 2.24) is 9.97 Å². The summed E-state index contributed by atoms with van der Waals surface area (Å²) in [5.74, 6) is 0. The van der Waals surface area contributed by atoms with E-state index < -0.39 is 0 Å². The molecule has 0 atom stereocenters. The average Bonchev–Trinajstić information content (AvgIpc) is 2.06. The molecule has 0 spiro atoms. The van der Waals surface area contributed by atoms with Crippen LogP contribution < -0.4 is 0 Å². The summed E-state index contributed by atoms with van der Waals surface area (Å²) in [6.07, 6.45) is 6.32. The topological polar surface area (TPSA) is 25.8 Å². The van der Waals surface area contributed by atoms with E-state index in [1.165, 1.54) is 5.56 Å². The van der Waals surface area contributed by atoms with Crippen LogP contribution in [0.4, 0.5) is 0 Å². The molecule has 1 rings (SSSR count). The number of halogens is 1. The minimum Gasteiger partial charge on any atom is -0.245 e. The summed E-state index contributed by atoms with van der Waals surface area (Å²) in [7, 11) is 0. The highest BCUT2D eigenvalue weighted by Crippen LogP contribution is 2.22. The molecule has 0 radical (unpaired) electrons. The Bertz CT molecular complexity index is 234. The Kier molecular flexibility index (Phi) is 3.20. The minimum atomic E-state index is 0.282. The standard InChI is InChI=1S/C9H13BrN2/c1-9(2,6-10)3-8-4-11-7-12-5-8/h4-5,7H,3,6H2,1-2H3. The molecule has 0 aliphatic carbocycles. The van der Waals surface area contributed by atoms with Gasteiger partial charge in [0.05, 0.1) is 0 Å². The second-order valence-corrected chi connectivity index (χ2v) is 4.28. The highest BCUT2D eigenvalue weighted by molar-refractivity contribution is 9.09. The maximum Gasteiger partial charge on any atom is 0.115 e. The molecule has 0 aromatic carbocycles. The molecule has 0 fully saturated rings. The van der Waals surface area contributed by atoms with E-state index in [1.807, 2.05) is 12.4 Å². The van der Waals surface area contributed by atoms with Gasteiger partial charge in [0, 0.05) is 17.7 Å². The van der Waals surface area contributed by atoms with Crippen molar-refractivity contribution < 1.29 is 0 Å². The van der Waals surface area contributed by atoms with Gasteiger partial charge in [-0.15, -0.1) is 0 Å². The third-order valence-electron chi connectivity index (χ3n) is 1.66. The molecule has 66 valence electrons. The fourth-order valence-electron chi connectivity index (χ4n) is 1.02. The van der Waals surface area contributed by atoms with Crippen LogP contribution in [0.1, 0.15) is 19.4 Å². The summed E-state index contributed by atoms with van der Waals surface area (Å²) >= 11 is 3.49. The van der Waals surface area contributed by atoms with E-state index in [1.54, 1.807) is 6.33 Å². The lowest BCUT2D eigenvalue weighted by Crippen LogP contribution is -2.16. The Morgan fingerprint density at radius 1 is 1.33 bits per heavy atom. The van der Waals surface area contributed by atoms with Gasteiger partial charge in [0.1, 0.15) is 6.33 Å². The summed E-state index contributed by atoms with van der Waals surface area (Å²) in [5, 5.41) is 0.995. The maximum absolute atomic E-state index is 3.98. The molecule has 0 saturated carbocycles. The second kappa shape index (κ2) is 3.99. The zero-order chi connectivity index (χ0) is 9.03. The number of rotatable bonds is 3. The molecular weight excluding hydrogens is 216 g/mol. The first-order chi connectivity index (χ1) is 5.64. The van der Waals surface area contributed by atoms with Gasteiger partial charge in [-0.3, -0.25) is 0 Å². The summed E-state index contributed by atoms with van der Waals surface area (Å²) in [5.41, 5.74) is 1.48. The molecule has 0 aliphatic heterocycles. The molecule has 1 aromatic rings. The molecule has 1 aromatic heterocycles. The van der Waals surface area contributed by atoms with Crippen molar-refractivity contribution in [2.45, 2.75) is 20.3 Å². The Morgan fingerprint density at radius 3 is 2.42 bits per heavy atom. The molecule has 0 bridgehead atoms. The average molecular weight is 229 g/mol. The molecule has 2 nitrogen and oxygen atoms in total. The summed E-state index contributed by atoms with van der Waals surface area (Å²) in [6.45, 7) is 4.43. The second-order valence-electron chi connectivity index (χ2n) is 3.72. The molecule has 0 unspecified atom stereocenters. The van der Waals surface area contributed by atoms with Gasteiger partial charge in [-0.25, -0.2) is 9.97 Å². The maximum atomic E-state index is 3.98. The van der Waals surface area contributed by atoms with E-state index in [-0.39, 0.29) is 5.41 Å². The van der Waals surface area contributed by atoms with Crippen LogP contribution in [-0.4, -0.2) is 15.3 Å². The predicted molar refractivity (Wildman–Crippen MR) is 53.3 cm³/mol. The van der Waals surface area contributed by atoms with Crippen molar-refractivity contribution >= 4 is 15.9 Å². The quantitative estimate of drug-likeness (QED) is 0.744.